The van der Waals surface area contributed by atoms with E-state index in [-0.39, 0.29) is 10.7 Å². The van der Waals surface area contributed by atoms with Crippen molar-refractivity contribution in [2.75, 3.05) is 38.6 Å². The minimum atomic E-state index is -0.743. The number of aromatic nitrogens is 2. The maximum atomic E-state index is 14.6. The molecule has 2 fully saturated rings. The number of benzene rings is 2. The second-order valence-electron chi connectivity index (χ2n) is 9.46. The zero-order valence-electron chi connectivity index (χ0n) is 19.7. The summed E-state index contributed by atoms with van der Waals surface area (Å²) in [5.41, 5.74) is 6.71. The van der Waals surface area contributed by atoms with Gasteiger partial charge in [-0.15, -0.1) is 0 Å². The average Bonchev–Trinajstić information content (AvgIpc) is 3.65. The molecule has 1 saturated heterocycles. The van der Waals surface area contributed by atoms with Crippen LogP contribution in [0.1, 0.15) is 25.3 Å². The van der Waals surface area contributed by atoms with E-state index in [0.717, 1.165) is 24.6 Å². The standard InChI is InChI=1S/C25H28ClFN6O2/c1-25(13-32(12-15-6-7-15)8-9-33(25)24(28)34)17-10-16-20(11-21(17)35-2)29-14-30-23(16)31-19-5-3-4-18(26)22(19)27/h3-5,10-11,14-15H,6-9,12-13H2,1-2H3,(H2,28,34)(H,29,30,31)/t25-/m0/s1. The van der Waals surface area contributed by atoms with Crippen molar-refractivity contribution in [1.82, 2.24) is 19.8 Å². The summed E-state index contributed by atoms with van der Waals surface area (Å²) < 4.78 is 20.4. The third kappa shape index (κ3) is 4.46. The van der Waals surface area contributed by atoms with Crippen molar-refractivity contribution in [3.05, 3.63) is 53.1 Å². The number of methoxy groups -OCH3 is 1. The predicted molar refractivity (Wildman–Crippen MR) is 134 cm³/mol. The molecule has 2 aromatic carbocycles. The first-order valence-corrected chi connectivity index (χ1v) is 12.0. The second-order valence-corrected chi connectivity index (χ2v) is 9.87. The number of halogens is 2. The molecule has 10 heteroatoms. The first kappa shape index (κ1) is 23.6. The predicted octanol–water partition coefficient (Wildman–Crippen LogP) is 4.50. The van der Waals surface area contributed by atoms with E-state index >= 15 is 0 Å². The highest BCUT2D eigenvalue weighted by atomic mass is 35.5. The number of hydrogen-bond donors (Lipinski definition) is 2. The Kier molecular flexibility index (Phi) is 6.14. The van der Waals surface area contributed by atoms with Crippen molar-refractivity contribution in [3.8, 4) is 5.75 Å². The Balaban J connectivity index is 1.62. The number of carbonyl (C=O) groups is 1. The lowest BCUT2D eigenvalue weighted by Crippen LogP contribution is -2.62. The number of fused-ring (bicyclic) bond motifs is 1. The molecule has 0 spiro atoms. The van der Waals surface area contributed by atoms with Crippen LogP contribution in [0.25, 0.3) is 10.9 Å². The fourth-order valence-electron chi connectivity index (χ4n) is 4.99. The fourth-order valence-corrected chi connectivity index (χ4v) is 5.17. The van der Waals surface area contributed by atoms with E-state index in [1.165, 1.54) is 25.2 Å². The molecule has 0 bridgehead atoms. The van der Waals surface area contributed by atoms with Gasteiger partial charge in [-0.1, -0.05) is 17.7 Å². The lowest BCUT2D eigenvalue weighted by atomic mass is 9.85. The maximum Gasteiger partial charge on any atom is 0.315 e. The topological polar surface area (TPSA) is 96.6 Å². The van der Waals surface area contributed by atoms with E-state index in [9.17, 15) is 9.18 Å². The zero-order chi connectivity index (χ0) is 24.7. The summed E-state index contributed by atoms with van der Waals surface area (Å²) in [6, 6.07) is 7.98. The van der Waals surface area contributed by atoms with Gasteiger partial charge in [0.1, 0.15) is 17.9 Å². The van der Waals surface area contributed by atoms with Crippen molar-refractivity contribution in [2.24, 2.45) is 11.7 Å². The van der Waals surface area contributed by atoms with E-state index in [4.69, 9.17) is 22.1 Å². The molecule has 2 amide bonds. The maximum absolute atomic E-state index is 14.6. The number of carbonyl (C=O) groups excluding carboxylic acids is 1. The number of piperazine rings is 1. The van der Waals surface area contributed by atoms with Crippen LogP contribution in [-0.4, -0.2) is 59.1 Å². The number of urea groups is 1. The van der Waals surface area contributed by atoms with Gasteiger partial charge >= 0.3 is 6.03 Å². The molecule has 0 radical (unpaired) electrons. The van der Waals surface area contributed by atoms with Gasteiger partial charge < -0.3 is 20.7 Å². The van der Waals surface area contributed by atoms with Crippen LogP contribution in [0.4, 0.5) is 20.7 Å². The molecule has 5 rings (SSSR count). The van der Waals surface area contributed by atoms with Crippen molar-refractivity contribution in [3.63, 3.8) is 0 Å². The molecule has 3 N–H and O–H groups in total. The zero-order valence-corrected chi connectivity index (χ0v) is 20.5. The van der Waals surface area contributed by atoms with Crippen molar-refractivity contribution < 1.29 is 13.9 Å². The molecule has 1 saturated carbocycles. The summed E-state index contributed by atoms with van der Waals surface area (Å²) in [5.74, 6) is 1.16. The largest absolute Gasteiger partial charge is 0.496 e. The number of nitrogens with zero attached hydrogens (tertiary/aromatic N) is 4. The Labute approximate surface area is 208 Å². The summed E-state index contributed by atoms with van der Waals surface area (Å²) in [6.45, 7) is 4.92. The number of primary amides is 1. The van der Waals surface area contributed by atoms with E-state index in [0.29, 0.717) is 35.6 Å². The molecule has 0 unspecified atom stereocenters. The minimum absolute atomic E-state index is 0.0123. The Bertz CT molecular complexity index is 1290. The minimum Gasteiger partial charge on any atom is -0.496 e. The van der Waals surface area contributed by atoms with Crippen molar-refractivity contribution in [2.45, 2.75) is 25.3 Å². The highest BCUT2D eigenvalue weighted by Gasteiger charge is 2.44. The molecule has 2 aliphatic rings. The smallest absolute Gasteiger partial charge is 0.315 e. The number of amides is 2. The van der Waals surface area contributed by atoms with E-state index in [1.54, 1.807) is 24.1 Å². The van der Waals surface area contributed by atoms with E-state index in [1.807, 2.05) is 19.1 Å². The van der Waals surface area contributed by atoms with Gasteiger partial charge in [0.2, 0.25) is 0 Å². The number of nitrogens with two attached hydrogens (primary N) is 1. The highest BCUT2D eigenvalue weighted by Crippen LogP contribution is 2.42. The summed E-state index contributed by atoms with van der Waals surface area (Å²) in [4.78, 5) is 25.4. The molecule has 184 valence electrons. The average molecular weight is 499 g/mol. The van der Waals surface area contributed by atoms with Gasteiger partial charge in [0.25, 0.3) is 0 Å². The van der Waals surface area contributed by atoms with Crippen LogP contribution >= 0.6 is 11.6 Å². The first-order valence-electron chi connectivity index (χ1n) is 11.6. The number of anilines is 2. The van der Waals surface area contributed by atoms with Crippen LogP contribution in [-0.2, 0) is 5.54 Å². The summed E-state index contributed by atoms with van der Waals surface area (Å²) in [7, 11) is 1.59. The SMILES string of the molecule is COc1cc2ncnc(Nc3cccc(Cl)c3F)c2cc1[C@]1(C)CN(CC2CC2)CCN1C(N)=O. The van der Waals surface area contributed by atoms with Crippen molar-refractivity contribution in [1.29, 1.82) is 0 Å². The molecule has 1 aromatic heterocycles. The summed E-state index contributed by atoms with van der Waals surface area (Å²) >= 11 is 5.96. The fraction of sp³-hybridized carbons (Fsp3) is 0.400. The lowest BCUT2D eigenvalue weighted by Gasteiger charge is -2.49. The molecule has 8 nitrogen and oxygen atoms in total. The van der Waals surface area contributed by atoms with Crippen LogP contribution in [0.3, 0.4) is 0 Å². The lowest BCUT2D eigenvalue weighted by molar-refractivity contribution is 0.0329. The van der Waals surface area contributed by atoms with Gasteiger partial charge in [-0.3, -0.25) is 4.90 Å². The third-order valence-electron chi connectivity index (χ3n) is 6.99. The molecule has 1 atom stereocenters. The number of hydrogen-bond acceptors (Lipinski definition) is 6. The molecular formula is C25H28ClFN6O2. The summed E-state index contributed by atoms with van der Waals surface area (Å²) in [5, 5.41) is 3.72. The van der Waals surface area contributed by atoms with Crippen molar-refractivity contribution >= 4 is 40.0 Å². The van der Waals surface area contributed by atoms with Gasteiger partial charge in [0.05, 0.1) is 28.9 Å². The summed E-state index contributed by atoms with van der Waals surface area (Å²) in [6.07, 6.45) is 3.90. The third-order valence-corrected chi connectivity index (χ3v) is 7.28. The van der Waals surface area contributed by atoms with Gasteiger partial charge in [-0.2, -0.15) is 0 Å². The second kappa shape index (κ2) is 9.13. The highest BCUT2D eigenvalue weighted by molar-refractivity contribution is 6.31. The quantitative estimate of drug-likeness (QED) is 0.519. The Morgan fingerprint density at radius 2 is 2.11 bits per heavy atom. The normalized spacial score (nSPS) is 20.7. The Morgan fingerprint density at radius 3 is 2.83 bits per heavy atom. The van der Waals surface area contributed by atoms with Gasteiger partial charge in [0, 0.05) is 43.2 Å². The molecular weight excluding hydrogens is 471 g/mol. The van der Waals surface area contributed by atoms with Crippen LogP contribution in [0.5, 0.6) is 5.75 Å². The van der Waals surface area contributed by atoms with Crippen LogP contribution in [0.15, 0.2) is 36.7 Å². The van der Waals surface area contributed by atoms with Gasteiger partial charge in [-0.05, 0) is 43.9 Å². The monoisotopic (exact) mass is 498 g/mol. The molecule has 35 heavy (non-hydrogen) atoms. The molecule has 1 aliphatic carbocycles. The van der Waals surface area contributed by atoms with Crippen LogP contribution in [0, 0.1) is 11.7 Å². The number of ether oxygens (including phenoxy) is 1. The Hall–Kier alpha value is -3.17. The Morgan fingerprint density at radius 1 is 1.31 bits per heavy atom. The van der Waals surface area contributed by atoms with Crippen LogP contribution in [0.2, 0.25) is 5.02 Å². The van der Waals surface area contributed by atoms with Gasteiger partial charge in [-0.25, -0.2) is 19.2 Å². The number of nitrogens with one attached hydrogen (secondary N) is 1. The van der Waals surface area contributed by atoms with Gasteiger partial charge in [0.15, 0.2) is 5.82 Å². The molecule has 2 heterocycles. The van der Waals surface area contributed by atoms with Crippen LogP contribution < -0.4 is 15.8 Å². The first-order chi connectivity index (χ1) is 16.8. The molecule has 3 aromatic rings. The molecule has 1 aliphatic heterocycles. The number of rotatable bonds is 6. The van der Waals surface area contributed by atoms with E-state index < -0.39 is 17.4 Å². The van der Waals surface area contributed by atoms with E-state index in [2.05, 4.69) is 20.2 Å².